The van der Waals surface area contributed by atoms with Gasteiger partial charge in [-0.2, -0.15) is 0 Å². The van der Waals surface area contributed by atoms with Crippen LogP contribution in [0.2, 0.25) is 0 Å². The van der Waals surface area contributed by atoms with Gasteiger partial charge in [-0.3, -0.25) is 9.69 Å². The van der Waals surface area contributed by atoms with Crippen molar-refractivity contribution in [2.75, 3.05) is 25.0 Å². The van der Waals surface area contributed by atoms with Gasteiger partial charge in [0.05, 0.1) is 17.9 Å². The number of amides is 1. The monoisotopic (exact) mass is 334 g/mol. The van der Waals surface area contributed by atoms with Gasteiger partial charge in [-0.05, 0) is 13.8 Å². The van der Waals surface area contributed by atoms with Gasteiger partial charge in [0.1, 0.15) is 0 Å². The number of aromatic nitrogens is 1. The van der Waals surface area contributed by atoms with Crippen molar-refractivity contribution in [1.29, 1.82) is 0 Å². The Kier molecular flexibility index (Phi) is 7.55. The first-order valence-corrected chi connectivity index (χ1v) is 7.77. The van der Waals surface area contributed by atoms with Crippen LogP contribution in [0.3, 0.4) is 0 Å². The van der Waals surface area contributed by atoms with Crippen LogP contribution in [0.1, 0.15) is 26.0 Å². The minimum absolute atomic E-state index is 0. The van der Waals surface area contributed by atoms with Crippen LogP contribution in [-0.4, -0.2) is 47.6 Å². The molecule has 3 N–H and O–H groups in total. The van der Waals surface area contributed by atoms with Gasteiger partial charge in [0.25, 0.3) is 0 Å². The Hall–Kier alpha value is -0.730. The minimum atomic E-state index is -0.0815. The predicted octanol–water partition coefficient (Wildman–Crippen LogP) is 1.46. The van der Waals surface area contributed by atoms with Crippen LogP contribution in [-0.2, 0) is 16.1 Å². The first-order chi connectivity index (χ1) is 9.56. The molecule has 1 aliphatic heterocycles. The van der Waals surface area contributed by atoms with Crippen molar-refractivity contribution in [2.24, 2.45) is 5.73 Å². The highest BCUT2D eigenvalue weighted by Crippen LogP contribution is 2.19. The molecule has 0 radical (unpaired) electrons. The van der Waals surface area contributed by atoms with E-state index in [4.69, 9.17) is 10.5 Å². The predicted molar refractivity (Wildman–Crippen MR) is 86.9 cm³/mol. The second kappa shape index (κ2) is 8.65. The van der Waals surface area contributed by atoms with Gasteiger partial charge >= 0.3 is 0 Å². The summed E-state index contributed by atoms with van der Waals surface area (Å²) in [5.74, 6) is -0.0815. The van der Waals surface area contributed by atoms with Gasteiger partial charge in [0.15, 0.2) is 5.13 Å². The molecule has 2 heterocycles. The number of morpholine rings is 1. The van der Waals surface area contributed by atoms with Crippen LogP contribution in [0.25, 0.3) is 0 Å². The van der Waals surface area contributed by atoms with E-state index in [1.54, 1.807) is 0 Å². The molecule has 1 fully saturated rings. The Morgan fingerprint density at radius 1 is 1.52 bits per heavy atom. The molecule has 2 unspecified atom stereocenters. The Bertz CT molecular complexity index is 447. The fourth-order valence-electron chi connectivity index (χ4n) is 2.39. The van der Waals surface area contributed by atoms with E-state index in [-0.39, 0.29) is 30.5 Å². The lowest BCUT2D eigenvalue weighted by Gasteiger charge is -2.34. The van der Waals surface area contributed by atoms with Gasteiger partial charge in [-0.25, -0.2) is 4.98 Å². The van der Waals surface area contributed by atoms with Crippen molar-refractivity contribution in [3.05, 3.63) is 11.1 Å². The topological polar surface area (TPSA) is 80.5 Å². The number of carbonyl (C=O) groups is 1. The van der Waals surface area contributed by atoms with Crippen LogP contribution in [0.15, 0.2) is 5.38 Å². The maximum Gasteiger partial charge on any atom is 0.227 e. The van der Waals surface area contributed by atoms with E-state index in [1.807, 2.05) is 5.38 Å². The van der Waals surface area contributed by atoms with E-state index in [2.05, 4.69) is 29.0 Å². The Balaban J connectivity index is 0.00000220. The summed E-state index contributed by atoms with van der Waals surface area (Å²) in [5.41, 5.74) is 6.33. The number of hydrogen-bond donors (Lipinski definition) is 2. The first kappa shape index (κ1) is 18.3. The number of nitrogens with zero attached hydrogens (tertiary/aromatic N) is 2. The standard InChI is InChI=1S/C13H22N4O2S.ClH/c1-9-5-17(6-10(2)19-9)7-11-8-20-13(15-11)16-12(18)3-4-14;/h8-10H,3-7,14H2,1-2H3,(H,15,16,18);1H. The lowest BCUT2D eigenvalue weighted by atomic mass is 10.2. The summed E-state index contributed by atoms with van der Waals surface area (Å²) in [6, 6.07) is 0. The molecule has 2 atom stereocenters. The van der Waals surface area contributed by atoms with E-state index in [0.717, 1.165) is 25.3 Å². The number of rotatable bonds is 5. The zero-order valence-corrected chi connectivity index (χ0v) is 14.0. The molecule has 0 bridgehead atoms. The number of ether oxygens (including phenoxy) is 1. The second-order valence-corrected chi connectivity index (χ2v) is 6.04. The van der Waals surface area contributed by atoms with Crippen LogP contribution < -0.4 is 11.1 Å². The largest absolute Gasteiger partial charge is 0.373 e. The fourth-order valence-corrected chi connectivity index (χ4v) is 3.11. The average Bonchev–Trinajstić information content (AvgIpc) is 2.75. The zero-order valence-electron chi connectivity index (χ0n) is 12.4. The van der Waals surface area contributed by atoms with Gasteiger partial charge in [0, 0.05) is 38.0 Å². The molecule has 0 aromatic carbocycles. The third kappa shape index (κ3) is 5.88. The fraction of sp³-hybridized carbons (Fsp3) is 0.692. The van der Waals surface area contributed by atoms with Crippen molar-refractivity contribution in [2.45, 2.75) is 39.0 Å². The molecule has 2 rings (SSSR count). The Morgan fingerprint density at radius 3 is 2.81 bits per heavy atom. The van der Waals surface area contributed by atoms with E-state index < -0.39 is 0 Å². The molecule has 0 aliphatic carbocycles. The summed E-state index contributed by atoms with van der Waals surface area (Å²) in [4.78, 5) is 18.2. The summed E-state index contributed by atoms with van der Waals surface area (Å²) in [6.45, 7) is 7.15. The van der Waals surface area contributed by atoms with Crippen LogP contribution in [0.5, 0.6) is 0 Å². The molecular weight excluding hydrogens is 312 g/mol. The molecule has 120 valence electrons. The number of carbonyl (C=O) groups excluding carboxylic acids is 1. The summed E-state index contributed by atoms with van der Waals surface area (Å²) in [5, 5.41) is 5.40. The zero-order chi connectivity index (χ0) is 14.5. The SMILES string of the molecule is CC1CN(Cc2csc(NC(=O)CCN)n2)CC(C)O1.Cl. The normalized spacial score (nSPS) is 22.6. The van der Waals surface area contributed by atoms with Crippen LogP contribution in [0.4, 0.5) is 5.13 Å². The van der Waals surface area contributed by atoms with Gasteiger partial charge in [-0.15, -0.1) is 23.7 Å². The van der Waals surface area contributed by atoms with Crippen LogP contribution >= 0.6 is 23.7 Å². The molecule has 1 aliphatic rings. The van der Waals surface area contributed by atoms with Crippen LogP contribution in [0, 0.1) is 0 Å². The smallest absolute Gasteiger partial charge is 0.227 e. The van der Waals surface area contributed by atoms with Crippen molar-refractivity contribution in [3.63, 3.8) is 0 Å². The number of nitrogens with two attached hydrogens (primary N) is 1. The van der Waals surface area contributed by atoms with E-state index in [0.29, 0.717) is 18.1 Å². The van der Waals surface area contributed by atoms with Crippen molar-refractivity contribution in [3.8, 4) is 0 Å². The van der Waals surface area contributed by atoms with Crippen molar-refractivity contribution >= 4 is 34.8 Å². The highest BCUT2D eigenvalue weighted by Gasteiger charge is 2.22. The first-order valence-electron chi connectivity index (χ1n) is 6.89. The molecule has 21 heavy (non-hydrogen) atoms. The van der Waals surface area contributed by atoms with Crippen molar-refractivity contribution < 1.29 is 9.53 Å². The molecule has 0 saturated carbocycles. The molecule has 1 amide bonds. The summed E-state index contributed by atoms with van der Waals surface area (Å²) in [6.07, 6.45) is 0.829. The lowest BCUT2D eigenvalue weighted by molar-refractivity contribution is -0.116. The second-order valence-electron chi connectivity index (χ2n) is 5.18. The quantitative estimate of drug-likeness (QED) is 0.852. The van der Waals surface area contributed by atoms with Crippen molar-refractivity contribution in [1.82, 2.24) is 9.88 Å². The van der Waals surface area contributed by atoms with E-state index >= 15 is 0 Å². The summed E-state index contributed by atoms with van der Waals surface area (Å²) < 4.78 is 5.71. The molecule has 1 saturated heterocycles. The van der Waals surface area contributed by atoms with Gasteiger partial charge < -0.3 is 15.8 Å². The lowest BCUT2D eigenvalue weighted by Crippen LogP contribution is -2.44. The Morgan fingerprint density at radius 2 is 2.19 bits per heavy atom. The number of halogens is 1. The van der Waals surface area contributed by atoms with E-state index in [1.165, 1.54) is 11.3 Å². The maximum absolute atomic E-state index is 11.4. The maximum atomic E-state index is 11.4. The number of nitrogens with one attached hydrogen (secondary N) is 1. The third-order valence-electron chi connectivity index (χ3n) is 3.05. The molecule has 0 spiro atoms. The molecular formula is C13H23ClN4O2S. The van der Waals surface area contributed by atoms with Gasteiger partial charge in [-0.1, -0.05) is 0 Å². The summed E-state index contributed by atoms with van der Waals surface area (Å²) >= 11 is 1.45. The molecule has 1 aromatic heterocycles. The summed E-state index contributed by atoms with van der Waals surface area (Å²) in [7, 11) is 0. The Labute approximate surface area is 135 Å². The number of thiazole rings is 1. The van der Waals surface area contributed by atoms with E-state index in [9.17, 15) is 4.79 Å². The van der Waals surface area contributed by atoms with Gasteiger partial charge in [0.2, 0.25) is 5.91 Å². The third-order valence-corrected chi connectivity index (χ3v) is 3.86. The molecule has 1 aromatic rings. The number of anilines is 1. The molecule has 8 heteroatoms. The highest BCUT2D eigenvalue weighted by atomic mass is 35.5. The molecule has 6 nitrogen and oxygen atoms in total. The average molecular weight is 335 g/mol. The highest BCUT2D eigenvalue weighted by molar-refractivity contribution is 7.13. The number of hydrogen-bond acceptors (Lipinski definition) is 6. The minimum Gasteiger partial charge on any atom is -0.373 e.